The standard InChI is InChI=1S/C25H28N4O2S/c1-15(2)14-29-17(4)21(22(26-25(29)32)18-9-11-20(30-5)12-10-18)24-27-23(28-31-24)19-8-6-7-16(3)13-19/h6-13,15,22H,14H2,1-5H3,(H,26,32). The smallest absolute Gasteiger partial charge is 0.258 e. The molecular weight excluding hydrogens is 420 g/mol. The molecule has 1 aromatic heterocycles. The summed E-state index contributed by atoms with van der Waals surface area (Å²) in [5, 5.41) is 8.47. The summed E-state index contributed by atoms with van der Waals surface area (Å²) in [5.41, 5.74) is 5.06. The average Bonchev–Trinajstić information content (AvgIpc) is 3.26. The fourth-order valence-corrected chi connectivity index (χ4v) is 4.25. The zero-order valence-corrected chi connectivity index (χ0v) is 19.9. The minimum atomic E-state index is -0.206. The van der Waals surface area contributed by atoms with Crippen LogP contribution in [0.25, 0.3) is 17.0 Å². The Labute approximate surface area is 194 Å². The van der Waals surface area contributed by atoms with E-state index in [9.17, 15) is 0 Å². The van der Waals surface area contributed by atoms with Crippen molar-refractivity contribution in [2.45, 2.75) is 33.7 Å². The maximum absolute atomic E-state index is 5.80. The van der Waals surface area contributed by atoms with E-state index in [0.29, 0.717) is 22.7 Å². The van der Waals surface area contributed by atoms with Gasteiger partial charge in [-0.3, -0.25) is 0 Å². The van der Waals surface area contributed by atoms with Crippen molar-refractivity contribution < 1.29 is 9.26 Å². The zero-order valence-electron chi connectivity index (χ0n) is 19.0. The zero-order chi connectivity index (χ0) is 22.8. The fraction of sp³-hybridized carbons (Fsp3) is 0.320. The van der Waals surface area contributed by atoms with Gasteiger partial charge in [-0.2, -0.15) is 4.98 Å². The van der Waals surface area contributed by atoms with Gasteiger partial charge < -0.3 is 19.5 Å². The molecule has 0 spiro atoms. The second-order valence-electron chi connectivity index (χ2n) is 8.45. The van der Waals surface area contributed by atoms with E-state index < -0.39 is 0 Å². The lowest BCUT2D eigenvalue weighted by Crippen LogP contribution is -2.47. The number of aromatic nitrogens is 2. The van der Waals surface area contributed by atoms with Crippen molar-refractivity contribution >= 4 is 22.9 Å². The van der Waals surface area contributed by atoms with Crippen molar-refractivity contribution in [2.75, 3.05) is 13.7 Å². The van der Waals surface area contributed by atoms with Crippen LogP contribution in [0, 0.1) is 12.8 Å². The molecule has 2 aromatic carbocycles. The summed E-state index contributed by atoms with van der Waals surface area (Å²) < 4.78 is 11.1. The number of benzene rings is 2. The maximum atomic E-state index is 5.80. The average molecular weight is 449 g/mol. The van der Waals surface area contributed by atoms with Gasteiger partial charge in [0.1, 0.15) is 5.75 Å². The third-order valence-electron chi connectivity index (χ3n) is 5.53. The largest absolute Gasteiger partial charge is 0.497 e. The molecule has 0 saturated heterocycles. The van der Waals surface area contributed by atoms with Crippen molar-refractivity contribution in [3.8, 4) is 17.1 Å². The van der Waals surface area contributed by atoms with Gasteiger partial charge in [-0.15, -0.1) is 0 Å². The topological polar surface area (TPSA) is 63.4 Å². The fourth-order valence-electron chi connectivity index (χ4n) is 3.92. The third-order valence-corrected chi connectivity index (χ3v) is 5.86. The van der Waals surface area contributed by atoms with Crippen LogP contribution in [-0.2, 0) is 0 Å². The molecule has 1 aliphatic heterocycles. The van der Waals surface area contributed by atoms with Crippen molar-refractivity contribution in [3.05, 3.63) is 71.2 Å². The van der Waals surface area contributed by atoms with Crippen molar-refractivity contribution in [2.24, 2.45) is 5.92 Å². The molecule has 3 aromatic rings. The van der Waals surface area contributed by atoms with Crippen LogP contribution in [0.3, 0.4) is 0 Å². The molecule has 1 unspecified atom stereocenters. The lowest BCUT2D eigenvalue weighted by Gasteiger charge is -2.38. The number of methoxy groups -OCH3 is 1. The first-order valence-electron chi connectivity index (χ1n) is 10.7. The number of aryl methyl sites for hydroxylation is 1. The first-order chi connectivity index (χ1) is 15.4. The Morgan fingerprint density at radius 3 is 2.56 bits per heavy atom. The van der Waals surface area contributed by atoms with Crippen LogP contribution in [0.4, 0.5) is 0 Å². The lowest BCUT2D eigenvalue weighted by atomic mass is 9.94. The Morgan fingerprint density at radius 2 is 1.91 bits per heavy atom. The maximum Gasteiger partial charge on any atom is 0.258 e. The van der Waals surface area contributed by atoms with Gasteiger partial charge in [0.15, 0.2) is 5.11 Å². The van der Waals surface area contributed by atoms with Crippen LogP contribution >= 0.6 is 12.2 Å². The summed E-state index contributed by atoms with van der Waals surface area (Å²) in [7, 11) is 1.66. The van der Waals surface area contributed by atoms with E-state index >= 15 is 0 Å². The molecule has 0 amide bonds. The summed E-state index contributed by atoms with van der Waals surface area (Å²) >= 11 is 5.74. The molecular formula is C25H28N4O2S. The predicted molar refractivity (Wildman–Crippen MR) is 130 cm³/mol. The molecule has 2 heterocycles. The number of allylic oxidation sites excluding steroid dienone is 1. The number of thiocarbonyl (C=S) groups is 1. The molecule has 166 valence electrons. The molecule has 7 heteroatoms. The molecule has 0 bridgehead atoms. The van der Waals surface area contributed by atoms with Crippen molar-refractivity contribution in [1.82, 2.24) is 20.4 Å². The van der Waals surface area contributed by atoms with E-state index in [2.05, 4.69) is 42.2 Å². The first-order valence-corrected chi connectivity index (χ1v) is 11.1. The highest BCUT2D eigenvalue weighted by Gasteiger charge is 2.34. The van der Waals surface area contributed by atoms with Gasteiger partial charge in [0, 0.05) is 17.8 Å². The van der Waals surface area contributed by atoms with Gasteiger partial charge in [0.25, 0.3) is 5.89 Å². The minimum Gasteiger partial charge on any atom is -0.497 e. The molecule has 4 rings (SSSR count). The second kappa shape index (κ2) is 9.12. The Balaban J connectivity index is 1.80. The van der Waals surface area contributed by atoms with Crippen LogP contribution < -0.4 is 10.1 Å². The molecule has 1 atom stereocenters. The third kappa shape index (κ3) is 4.39. The van der Waals surface area contributed by atoms with E-state index in [1.54, 1.807) is 7.11 Å². The Bertz CT molecular complexity index is 1150. The monoisotopic (exact) mass is 448 g/mol. The van der Waals surface area contributed by atoms with E-state index in [1.807, 2.05) is 49.4 Å². The Morgan fingerprint density at radius 1 is 1.16 bits per heavy atom. The van der Waals surface area contributed by atoms with Crippen LogP contribution in [0.15, 0.2) is 58.8 Å². The van der Waals surface area contributed by atoms with Crippen LogP contribution in [0.5, 0.6) is 5.75 Å². The highest BCUT2D eigenvalue weighted by atomic mass is 32.1. The summed E-state index contributed by atoms with van der Waals surface area (Å²) in [5.74, 6) is 2.30. The molecule has 32 heavy (non-hydrogen) atoms. The first kappa shape index (κ1) is 22.0. The number of nitrogens with one attached hydrogen (secondary N) is 1. The molecule has 0 saturated carbocycles. The predicted octanol–water partition coefficient (Wildman–Crippen LogP) is 5.37. The molecule has 1 N–H and O–H groups in total. The van der Waals surface area contributed by atoms with Gasteiger partial charge in [-0.1, -0.05) is 54.9 Å². The van der Waals surface area contributed by atoms with Gasteiger partial charge in [-0.25, -0.2) is 0 Å². The SMILES string of the molecule is COc1ccc(C2NC(=S)N(CC(C)C)C(C)=C2c2nc(-c3cccc(C)c3)no2)cc1. The van der Waals surface area contributed by atoms with Crippen LogP contribution in [-0.4, -0.2) is 33.8 Å². The molecule has 0 aliphatic carbocycles. The summed E-state index contributed by atoms with van der Waals surface area (Å²) in [4.78, 5) is 6.89. The van der Waals surface area contributed by atoms with Crippen molar-refractivity contribution in [3.63, 3.8) is 0 Å². The number of nitrogens with zero attached hydrogens (tertiary/aromatic N) is 3. The van der Waals surface area contributed by atoms with Gasteiger partial charge in [-0.05, 0) is 55.7 Å². The lowest BCUT2D eigenvalue weighted by molar-refractivity contribution is 0.385. The number of hydrogen-bond acceptors (Lipinski definition) is 5. The minimum absolute atomic E-state index is 0.206. The van der Waals surface area contributed by atoms with E-state index in [4.69, 9.17) is 26.5 Å². The second-order valence-corrected chi connectivity index (χ2v) is 8.84. The van der Waals surface area contributed by atoms with Gasteiger partial charge in [0.2, 0.25) is 5.82 Å². The van der Waals surface area contributed by atoms with E-state index in [1.165, 1.54) is 0 Å². The van der Waals surface area contributed by atoms with Gasteiger partial charge >= 0.3 is 0 Å². The molecule has 1 aliphatic rings. The highest BCUT2D eigenvalue weighted by Crippen LogP contribution is 2.38. The highest BCUT2D eigenvalue weighted by molar-refractivity contribution is 7.80. The molecule has 6 nitrogen and oxygen atoms in total. The van der Waals surface area contributed by atoms with Crippen LogP contribution in [0.1, 0.15) is 43.8 Å². The number of hydrogen-bond donors (Lipinski definition) is 1. The molecule has 0 fully saturated rings. The van der Waals surface area contributed by atoms with Crippen molar-refractivity contribution in [1.29, 1.82) is 0 Å². The summed E-state index contributed by atoms with van der Waals surface area (Å²) in [6.45, 7) is 9.27. The summed E-state index contributed by atoms with van der Waals surface area (Å²) in [6, 6.07) is 15.8. The number of ether oxygens (including phenoxy) is 1. The summed E-state index contributed by atoms with van der Waals surface area (Å²) in [6.07, 6.45) is 0. The molecule has 0 radical (unpaired) electrons. The number of rotatable bonds is 6. The van der Waals surface area contributed by atoms with Crippen LogP contribution in [0.2, 0.25) is 0 Å². The quantitative estimate of drug-likeness (QED) is 0.509. The Hall–Kier alpha value is -3.19. The van der Waals surface area contributed by atoms with E-state index in [0.717, 1.165) is 40.3 Å². The normalized spacial score (nSPS) is 16.5. The Kier molecular flexibility index (Phi) is 6.28. The van der Waals surface area contributed by atoms with Gasteiger partial charge in [0.05, 0.1) is 18.7 Å². The van der Waals surface area contributed by atoms with E-state index in [-0.39, 0.29) is 6.04 Å².